The molecule has 2 rings (SSSR count). The molecule has 0 bridgehead atoms. The standard InChI is InChI=1S/C15H25N5S/c1-6-7-16-13(9-12-8-11(4)18-20(12)5)15-14(10(2)3)17-19-21-15/h8,10,13,16H,6-7,9H2,1-5H3. The zero-order valence-corrected chi connectivity index (χ0v) is 14.4. The molecule has 0 aliphatic carbocycles. The first kappa shape index (κ1) is 16.1. The van der Waals surface area contributed by atoms with Gasteiger partial charge in [0, 0.05) is 19.2 Å². The fourth-order valence-corrected chi connectivity index (χ4v) is 3.37. The third-order valence-corrected chi connectivity index (χ3v) is 4.41. The quantitative estimate of drug-likeness (QED) is 0.854. The van der Waals surface area contributed by atoms with Crippen LogP contribution in [0.15, 0.2) is 6.07 Å². The molecule has 1 unspecified atom stereocenters. The van der Waals surface area contributed by atoms with E-state index in [9.17, 15) is 0 Å². The first-order valence-corrected chi connectivity index (χ1v) is 8.35. The van der Waals surface area contributed by atoms with Crippen molar-refractivity contribution < 1.29 is 0 Å². The van der Waals surface area contributed by atoms with Crippen molar-refractivity contribution >= 4 is 11.5 Å². The molecule has 1 N–H and O–H groups in total. The second-order valence-corrected chi connectivity index (χ2v) is 6.57. The SMILES string of the molecule is CCCNC(Cc1cc(C)nn1C)c1snnc1C(C)C. The summed E-state index contributed by atoms with van der Waals surface area (Å²) in [7, 11) is 2.01. The highest BCUT2D eigenvalue weighted by Gasteiger charge is 2.22. The van der Waals surface area contributed by atoms with Crippen LogP contribution in [-0.4, -0.2) is 25.9 Å². The van der Waals surface area contributed by atoms with E-state index in [0.29, 0.717) is 5.92 Å². The third kappa shape index (κ3) is 3.89. The van der Waals surface area contributed by atoms with Crippen molar-refractivity contribution in [3.63, 3.8) is 0 Å². The number of aromatic nitrogens is 4. The first-order valence-electron chi connectivity index (χ1n) is 7.58. The van der Waals surface area contributed by atoms with Crippen LogP contribution in [0.3, 0.4) is 0 Å². The molecule has 0 fully saturated rings. The number of nitrogens with one attached hydrogen (secondary N) is 1. The van der Waals surface area contributed by atoms with Gasteiger partial charge in [-0.25, -0.2) is 0 Å². The van der Waals surface area contributed by atoms with Gasteiger partial charge in [-0.2, -0.15) is 5.10 Å². The smallest absolute Gasteiger partial charge is 0.0829 e. The molecule has 2 aromatic rings. The topological polar surface area (TPSA) is 55.6 Å². The zero-order chi connectivity index (χ0) is 15.4. The Morgan fingerprint density at radius 2 is 2.14 bits per heavy atom. The molecule has 21 heavy (non-hydrogen) atoms. The molecule has 0 saturated carbocycles. The number of hydrogen-bond donors (Lipinski definition) is 1. The van der Waals surface area contributed by atoms with Crippen molar-refractivity contribution in [2.45, 2.75) is 52.5 Å². The predicted molar refractivity (Wildman–Crippen MR) is 86.7 cm³/mol. The first-order chi connectivity index (χ1) is 10.0. The van der Waals surface area contributed by atoms with Crippen LogP contribution in [0.4, 0.5) is 0 Å². The van der Waals surface area contributed by atoms with Gasteiger partial charge in [-0.15, -0.1) is 5.10 Å². The van der Waals surface area contributed by atoms with Crippen molar-refractivity contribution in [3.05, 3.63) is 28.0 Å². The van der Waals surface area contributed by atoms with E-state index in [1.165, 1.54) is 22.1 Å². The molecule has 0 saturated heterocycles. The Morgan fingerprint density at radius 1 is 1.38 bits per heavy atom. The van der Waals surface area contributed by atoms with Crippen LogP contribution in [0.1, 0.15) is 61.1 Å². The van der Waals surface area contributed by atoms with Crippen molar-refractivity contribution in [3.8, 4) is 0 Å². The number of rotatable bonds is 7. The van der Waals surface area contributed by atoms with Gasteiger partial charge in [0.2, 0.25) is 0 Å². The van der Waals surface area contributed by atoms with Gasteiger partial charge in [0.25, 0.3) is 0 Å². The molecule has 0 aliphatic rings. The lowest BCUT2D eigenvalue weighted by Gasteiger charge is -2.18. The van der Waals surface area contributed by atoms with Crippen LogP contribution < -0.4 is 5.32 Å². The van der Waals surface area contributed by atoms with E-state index in [0.717, 1.165) is 30.8 Å². The van der Waals surface area contributed by atoms with Crippen molar-refractivity contribution in [2.75, 3.05) is 6.54 Å². The molecule has 2 aromatic heterocycles. The van der Waals surface area contributed by atoms with Gasteiger partial charge >= 0.3 is 0 Å². The summed E-state index contributed by atoms with van der Waals surface area (Å²) < 4.78 is 6.14. The number of aryl methyl sites for hydroxylation is 2. The van der Waals surface area contributed by atoms with Crippen LogP contribution >= 0.6 is 11.5 Å². The minimum atomic E-state index is 0.261. The molecule has 0 amide bonds. The molecule has 1 atom stereocenters. The Morgan fingerprint density at radius 3 is 2.71 bits per heavy atom. The van der Waals surface area contributed by atoms with Crippen LogP contribution in [0.2, 0.25) is 0 Å². The van der Waals surface area contributed by atoms with E-state index in [1.807, 2.05) is 18.7 Å². The molecule has 0 aliphatic heterocycles. The van der Waals surface area contributed by atoms with E-state index >= 15 is 0 Å². The summed E-state index contributed by atoms with van der Waals surface area (Å²) in [5.74, 6) is 0.401. The monoisotopic (exact) mass is 307 g/mol. The van der Waals surface area contributed by atoms with Gasteiger partial charge in [-0.3, -0.25) is 4.68 Å². The highest BCUT2D eigenvalue weighted by Crippen LogP contribution is 2.28. The lowest BCUT2D eigenvalue weighted by molar-refractivity contribution is 0.512. The Balaban J connectivity index is 2.25. The van der Waals surface area contributed by atoms with E-state index in [2.05, 4.69) is 46.8 Å². The normalized spacial score (nSPS) is 13.0. The summed E-state index contributed by atoms with van der Waals surface area (Å²) in [6.45, 7) is 9.56. The average Bonchev–Trinajstić information content (AvgIpc) is 3.01. The highest BCUT2D eigenvalue weighted by atomic mass is 32.1. The highest BCUT2D eigenvalue weighted by molar-refractivity contribution is 7.05. The van der Waals surface area contributed by atoms with Gasteiger partial charge in [0.05, 0.1) is 22.3 Å². The second-order valence-electron chi connectivity index (χ2n) is 5.79. The molecular weight excluding hydrogens is 282 g/mol. The fourth-order valence-electron chi connectivity index (χ4n) is 2.49. The van der Waals surface area contributed by atoms with Gasteiger partial charge < -0.3 is 5.32 Å². The molecule has 0 radical (unpaired) electrons. The zero-order valence-electron chi connectivity index (χ0n) is 13.6. The minimum absolute atomic E-state index is 0.261. The van der Waals surface area contributed by atoms with E-state index in [4.69, 9.17) is 0 Å². The largest absolute Gasteiger partial charge is 0.309 e. The summed E-state index contributed by atoms with van der Waals surface area (Å²) in [4.78, 5) is 1.26. The van der Waals surface area contributed by atoms with Gasteiger partial charge in [-0.05, 0) is 43.4 Å². The van der Waals surface area contributed by atoms with Gasteiger partial charge in [0.15, 0.2) is 0 Å². The summed E-state index contributed by atoms with van der Waals surface area (Å²) in [5, 5.41) is 12.4. The maximum atomic E-state index is 4.44. The van der Waals surface area contributed by atoms with E-state index in [-0.39, 0.29) is 6.04 Å². The Labute approximate surface area is 130 Å². The summed E-state index contributed by atoms with van der Waals surface area (Å²) in [6.07, 6.45) is 2.03. The molecular formula is C15H25N5S. The van der Waals surface area contributed by atoms with Crippen LogP contribution in [0, 0.1) is 6.92 Å². The number of hydrogen-bond acceptors (Lipinski definition) is 5. The maximum Gasteiger partial charge on any atom is 0.0829 e. The lowest BCUT2D eigenvalue weighted by atomic mass is 10.0. The summed E-state index contributed by atoms with van der Waals surface area (Å²) >= 11 is 1.52. The van der Waals surface area contributed by atoms with Crippen LogP contribution in [0.25, 0.3) is 0 Å². The van der Waals surface area contributed by atoms with Crippen molar-refractivity contribution in [1.82, 2.24) is 24.7 Å². The molecule has 2 heterocycles. The summed E-state index contributed by atoms with van der Waals surface area (Å²) in [5.41, 5.74) is 3.42. The summed E-state index contributed by atoms with van der Waals surface area (Å²) in [6, 6.07) is 2.42. The van der Waals surface area contributed by atoms with Crippen LogP contribution in [0.5, 0.6) is 0 Å². The average molecular weight is 307 g/mol. The molecule has 6 heteroatoms. The minimum Gasteiger partial charge on any atom is -0.309 e. The predicted octanol–water partition coefficient (Wildman–Crippen LogP) is 2.99. The lowest BCUT2D eigenvalue weighted by Crippen LogP contribution is -2.25. The second kappa shape index (κ2) is 7.13. The molecule has 0 aromatic carbocycles. The molecule has 116 valence electrons. The maximum absolute atomic E-state index is 4.44. The van der Waals surface area contributed by atoms with E-state index in [1.54, 1.807) is 0 Å². The van der Waals surface area contributed by atoms with Gasteiger partial charge in [-0.1, -0.05) is 25.3 Å². The Kier molecular flexibility index (Phi) is 5.47. The Bertz CT molecular complexity index is 572. The third-order valence-electron chi connectivity index (χ3n) is 3.56. The molecule has 5 nitrogen and oxygen atoms in total. The van der Waals surface area contributed by atoms with Crippen molar-refractivity contribution in [2.24, 2.45) is 7.05 Å². The Hall–Kier alpha value is -1.27. The van der Waals surface area contributed by atoms with Crippen molar-refractivity contribution in [1.29, 1.82) is 0 Å². The van der Waals surface area contributed by atoms with Gasteiger partial charge in [0.1, 0.15) is 0 Å². The molecule has 0 spiro atoms. The fraction of sp³-hybridized carbons (Fsp3) is 0.667. The van der Waals surface area contributed by atoms with Crippen LogP contribution in [-0.2, 0) is 13.5 Å². The van der Waals surface area contributed by atoms with E-state index < -0.39 is 0 Å². The number of nitrogens with zero attached hydrogens (tertiary/aromatic N) is 4.